The number of anilines is 1. The average Bonchev–Trinajstić information content (AvgIpc) is 2.48. The van der Waals surface area contributed by atoms with Gasteiger partial charge in [0.25, 0.3) is 0 Å². The third-order valence-corrected chi connectivity index (χ3v) is 4.01. The van der Waals surface area contributed by atoms with Crippen LogP contribution < -0.4 is 10.1 Å². The van der Waals surface area contributed by atoms with Gasteiger partial charge < -0.3 is 10.1 Å². The summed E-state index contributed by atoms with van der Waals surface area (Å²) >= 11 is 1.35. The lowest BCUT2D eigenvalue weighted by Crippen LogP contribution is -2.22. The van der Waals surface area contributed by atoms with E-state index in [1.54, 1.807) is 0 Å². The van der Waals surface area contributed by atoms with E-state index >= 15 is 0 Å². The number of benzene rings is 1. The highest BCUT2D eigenvalue weighted by atomic mass is 32.2. The van der Waals surface area contributed by atoms with Crippen LogP contribution in [-0.4, -0.2) is 27.7 Å². The van der Waals surface area contributed by atoms with Crippen molar-refractivity contribution < 1.29 is 9.53 Å². The van der Waals surface area contributed by atoms with Gasteiger partial charge in [-0.2, -0.15) is 0 Å². The first-order valence-electron chi connectivity index (χ1n) is 7.50. The summed E-state index contributed by atoms with van der Waals surface area (Å²) in [6.45, 7) is 8.24. The quantitative estimate of drug-likeness (QED) is 0.647. The molecule has 0 fully saturated rings. The van der Waals surface area contributed by atoms with Gasteiger partial charge in [0, 0.05) is 17.1 Å². The molecule has 1 heterocycles. The smallest absolute Gasteiger partial charge is 0.237 e. The first-order valence-corrected chi connectivity index (χ1v) is 8.38. The second-order valence-electron chi connectivity index (χ2n) is 5.14. The molecule has 1 atom stereocenters. The molecule has 1 aromatic carbocycles. The zero-order valence-corrected chi connectivity index (χ0v) is 14.6. The number of carbonyl (C=O) groups excluding carboxylic acids is 1. The first kappa shape index (κ1) is 17.3. The lowest BCUT2D eigenvalue weighted by atomic mass is 10.3. The van der Waals surface area contributed by atoms with E-state index in [9.17, 15) is 4.79 Å². The van der Waals surface area contributed by atoms with Crippen LogP contribution in [0, 0.1) is 13.8 Å². The predicted molar refractivity (Wildman–Crippen MR) is 93.1 cm³/mol. The van der Waals surface area contributed by atoms with E-state index in [4.69, 9.17) is 4.74 Å². The van der Waals surface area contributed by atoms with E-state index in [1.807, 2.05) is 58.0 Å². The van der Waals surface area contributed by atoms with Crippen LogP contribution in [0.15, 0.2) is 35.5 Å². The van der Waals surface area contributed by atoms with Crippen LogP contribution in [0.2, 0.25) is 0 Å². The molecule has 0 saturated heterocycles. The van der Waals surface area contributed by atoms with Crippen LogP contribution in [0.4, 0.5) is 5.69 Å². The van der Waals surface area contributed by atoms with E-state index in [1.165, 1.54) is 11.8 Å². The number of nitrogens with one attached hydrogen (secondary N) is 1. The number of ether oxygens (including phenoxy) is 1. The Balaban J connectivity index is 1.96. The highest BCUT2D eigenvalue weighted by Crippen LogP contribution is 2.22. The van der Waals surface area contributed by atoms with Gasteiger partial charge in [0.2, 0.25) is 5.91 Å². The molecule has 0 radical (unpaired) electrons. The summed E-state index contributed by atoms with van der Waals surface area (Å²) < 4.78 is 5.38. The van der Waals surface area contributed by atoms with Crippen LogP contribution in [-0.2, 0) is 4.79 Å². The number of hydrogen-bond donors (Lipinski definition) is 1. The second kappa shape index (κ2) is 7.97. The Hall–Kier alpha value is -2.08. The largest absolute Gasteiger partial charge is 0.494 e. The summed E-state index contributed by atoms with van der Waals surface area (Å²) in [6, 6.07) is 9.24. The van der Waals surface area contributed by atoms with Gasteiger partial charge in [-0.05, 0) is 58.0 Å². The summed E-state index contributed by atoms with van der Waals surface area (Å²) in [5, 5.41) is 3.22. The molecule has 122 valence electrons. The molecule has 0 aliphatic carbocycles. The maximum Gasteiger partial charge on any atom is 0.237 e. The van der Waals surface area contributed by atoms with Crippen molar-refractivity contribution in [3.8, 4) is 5.75 Å². The minimum absolute atomic E-state index is 0.0816. The topological polar surface area (TPSA) is 64.1 Å². The molecule has 1 N–H and O–H groups in total. The van der Waals surface area contributed by atoms with Gasteiger partial charge in [-0.15, -0.1) is 0 Å². The van der Waals surface area contributed by atoms with Crippen molar-refractivity contribution in [3.05, 3.63) is 41.7 Å². The predicted octanol–water partition coefficient (Wildman–Crippen LogP) is 3.61. The number of aryl methyl sites for hydroxylation is 2. The fraction of sp³-hybridized carbons (Fsp3) is 0.353. The molecule has 23 heavy (non-hydrogen) atoms. The van der Waals surface area contributed by atoms with Gasteiger partial charge in [0.05, 0.1) is 11.9 Å². The van der Waals surface area contributed by atoms with Crippen LogP contribution >= 0.6 is 11.8 Å². The van der Waals surface area contributed by atoms with Gasteiger partial charge in [-0.1, -0.05) is 11.8 Å². The van der Waals surface area contributed by atoms with E-state index in [2.05, 4.69) is 15.3 Å². The normalized spacial score (nSPS) is 11.8. The van der Waals surface area contributed by atoms with Gasteiger partial charge in [-0.25, -0.2) is 9.97 Å². The maximum absolute atomic E-state index is 12.3. The molecule has 0 spiro atoms. The van der Waals surface area contributed by atoms with Gasteiger partial charge in [0.1, 0.15) is 5.75 Å². The zero-order valence-electron chi connectivity index (χ0n) is 13.8. The summed E-state index contributed by atoms with van der Waals surface area (Å²) in [4.78, 5) is 21.0. The lowest BCUT2D eigenvalue weighted by molar-refractivity contribution is -0.115. The Morgan fingerprint density at radius 3 is 2.39 bits per heavy atom. The van der Waals surface area contributed by atoms with Crippen molar-refractivity contribution in [3.63, 3.8) is 0 Å². The molecule has 5 nitrogen and oxygen atoms in total. The number of thioether (sulfide) groups is 1. The molecule has 1 unspecified atom stereocenters. The zero-order chi connectivity index (χ0) is 16.8. The van der Waals surface area contributed by atoms with Gasteiger partial charge >= 0.3 is 0 Å². The van der Waals surface area contributed by atoms with Crippen LogP contribution in [0.5, 0.6) is 5.75 Å². The van der Waals surface area contributed by atoms with E-state index in [-0.39, 0.29) is 11.2 Å². The van der Waals surface area contributed by atoms with Crippen LogP contribution in [0.3, 0.4) is 0 Å². The van der Waals surface area contributed by atoms with Crippen molar-refractivity contribution in [2.24, 2.45) is 0 Å². The Morgan fingerprint density at radius 1 is 1.22 bits per heavy atom. The lowest BCUT2D eigenvalue weighted by Gasteiger charge is -2.12. The molecular formula is C17H21N3O2S. The third kappa shape index (κ3) is 5.25. The minimum atomic E-state index is -0.289. The van der Waals surface area contributed by atoms with Crippen molar-refractivity contribution in [1.29, 1.82) is 0 Å². The number of nitrogens with zero attached hydrogens (tertiary/aromatic N) is 2. The fourth-order valence-electron chi connectivity index (χ4n) is 2.00. The minimum Gasteiger partial charge on any atom is -0.494 e. The third-order valence-electron chi connectivity index (χ3n) is 3.05. The van der Waals surface area contributed by atoms with Crippen LogP contribution in [0.25, 0.3) is 0 Å². The number of aromatic nitrogens is 2. The molecule has 2 aromatic rings. The maximum atomic E-state index is 12.3. The summed E-state index contributed by atoms with van der Waals surface area (Å²) in [7, 11) is 0. The number of rotatable bonds is 6. The van der Waals surface area contributed by atoms with Crippen molar-refractivity contribution >= 4 is 23.4 Å². The summed E-state index contributed by atoms with van der Waals surface area (Å²) in [6.07, 6.45) is 0. The van der Waals surface area contributed by atoms with Gasteiger partial charge in [-0.3, -0.25) is 4.79 Å². The van der Waals surface area contributed by atoms with Crippen molar-refractivity contribution in [1.82, 2.24) is 9.97 Å². The monoisotopic (exact) mass is 331 g/mol. The Morgan fingerprint density at radius 2 is 1.83 bits per heavy atom. The number of hydrogen-bond acceptors (Lipinski definition) is 5. The molecule has 1 amide bonds. The fourth-order valence-corrected chi connectivity index (χ4v) is 2.88. The molecule has 0 aliphatic rings. The molecule has 2 rings (SSSR count). The number of carbonyl (C=O) groups is 1. The standard InChI is InChI=1S/C17H21N3O2S/c1-5-22-15-8-6-14(7-9-15)20-16(21)13(4)23-17-18-11(2)10-12(3)19-17/h6-10,13H,5H2,1-4H3,(H,20,21). The Labute approximate surface area is 140 Å². The van der Waals surface area contributed by atoms with Crippen molar-refractivity contribution in [2.45, 2.75) is 38.1 Å². The molecule has 1 aromatic heterocycles. The van der Waals surface area contributed by atoms with E-state index in [0.29, 0.717) is 11.8 Å². The SMILES string of the molecule is CCOc1ccc(NC(=O)C(C)Sc2nc(C)cc(C)n2)cc1. The van der Waals surface area contributed by atoms with E-state index in [0.717, 1.165) is 22.8 Å². The number of amides is 1. The molecule has 0 bridgehead atoms. The van der Waals surface area contributed by atoms with Gasteiger partial charge in [0.15, 0.2) is 5.16 Å². The highest BCUT2D eigenvalue weighted by molar-refractivity contribution is 8.00. The van der Waals surface area contributed by atoms with Crippen molar-refractivity contribution in [2.75, 3.05) is 11.9 Å². The highest BCUT2D eigenvalue weighted by Gasteiger charge is 2.16. The van der Waals surface area contributed by atoms with E-state index < -0.39 is 0 Å². The molecule has 6 heteroatoms. The first-order chi connectivity index (χ1) is 11.0. The Kier molecular flexibility index (Phi) is 5.98. The molecular weight excluding hydrogens is 310 g/mol. The molecule has 0 saturated carbocycles. The average molecular weight is 331 g/mol. The van der Waals surface area contributed by atoms with Crippen LogP contribution in [0.1, 0.15) is 25.2 Å². The second-order valence-corrected chi connectivity index (χ2v) is 6.45. The molecule has 0 aliphatic heterocycles. The summed E-state index contributed by atoms with van der Waals surface area (Å²) in [5.41, 5.74) is 2.55. The Bertz CT molecular complexity index is 654. The summed E-state index contributed by atoms with van der Waals surface area (Å²) in [5.74, 6) is 0.707.